The molecule has 150 valence electrons. The molecule has 5 N–H and O–H groups in total. The number of nitrogens with zero attached hydrogens (tertiary/aromatic N) is 1. The minimum Gasteiger partial charge on any atom is -0.390 e. The van der Waals surface area contributed by atoms with Crippen LogP contribution in [0.5, 0.6) is 0 Å². The smallest absolute Gasteiger partial charge is 0.251 e. The van der Waals surface area contributed by atoms with Crippen molar-refractivity contribution in [2.24, 2.45) is 5.73 Å². The van der Waals surface area contributed by atoms with Crippen LogP contribution in [-0.4, -0.2) is 34.7 Å². The van der Waals surface area contributed by atoms with Gasteiger partial charge < -0.3 is 21.5 Å². The summed E-state index contributed by atoms with van der Waals surface area (Å²) in [5, 5.41) is 16.4. The van der Waals surface area contributed by atoms with Gasteiger partial charge in [-0.15, -0.1) is 0 Å². The Morgan fingerprint density at radius 3 is 2.45 bits per heavy atom. The molecule has 2 aromatic carbocycles. The Bertz CT molecular complexity index is 929. The lowest BCUT2D eigenvalue weighted by molar-refractivity contribution is 0.0845. The van der Waals surface area contributed by atoms with Crippen LogP contribution in [-0.2, 0) is 6.42 Å². The minimum atomic E-state index is -0.824. The van der Waals surface area contributed by atoms with Crippen molar-refractivity contribution < 1.29 is 9.90 Å². The van der Waals surface area contributed by atoms with E-state index in [9.17, 15) is 9.90 Å². The molecule has 0 radical (unpaired) electrons. The first-order valence-corrected chi connectivity index (χ1v) is 9.58. The zero-order valence-corrected chi connectivity index (χ0v) is 16.4. The number of carbonyl (C=O) groups is 1. The molecule has 6 heteroatoms. The van der Waals surface area contributed by atoms with E-state index < -0.39 is 12.1 Å². The van der Waals surface area contributed by atoms with E-state index >= 15 is 0 Å². The van der Waals surface area contributed by atoms with Crippen LogP contribution in [0.2, 0.25) is 0 Å². The summed E-state index contributed by atoms with van der Waals surface area (Å²) in [5.41, 5.74) is 9.90. The Kier molecular flexibility index (Phi) is 6.94. The fraction of sp³-hybridized carbons (Fsp3) is 0.217. The third-order valence-corrected chi connectivity index (χ3v) is 4.65. The number of amides is 1. The number of hydrogen-bond donors (Lipinski definition) is 4. The van der Waals surface area contributed by atoms with Gasteiger partial charge in [-0.05, 0) is 55.3 Å². The van der Waals surface area contributed by atoms with Crippen LogP contribution in [0, 0.1) is 6.92 Å². The zero-order chi connectivity index (χ0) is 20.6. The van der Waals surface area contributed by atoms with Gasteiger partial charge in [-0.3, -0.25) is 9.78 Å². The van der Waals surface area contributed by atoms with E-state index in [-0.39, 0.29) is 12.5 Å². The highest BCUT2D eigenvalue weighted by atomic mass is 16.3. The lowest BCUT2D eigenvalue weighted by Crippen LogP contribution is -2.47. The Morgan fingerprint density at radius 2 is 1.79 bits per heavy atom. The van der Waals surface area contributed by atoms with E-state index in [0.717, 1.165) is 22.6 Å². The highest BCUT2D eigenvalue weighted by molar-refractivity contribution is 5.94. The lowest BCUT2D eigenvalue weighted by Gasteiger charge is -2.23. The highest BCUT2D eigenvalue weighted by Gasteiger charge is 2.21. The van der Waals surface area contributed by atoms with Crippen molar-refractivity contribution in [1.82, 2.24) is 10.3 Å². The molecule has 0 aliphatic rings. The number of nitrogens with two attached hydrogens (primary N) is 1. The summed E-state index contributed by atoms with van der Waals surface area (Å²) < 4.78 is 0. The van der Waals surface area contributed by atoms with E-state index in [1.807, 2.05) is 61.5 Å². The fourth-order valence-corrected chi connectivity index (χ4v) is 3.06. The largest absolute Gasteiger partial charge is 0.390 e. The first-order valence-electron chi connectivity index (χ1n) is 9.58. The van der Waals surface area contributed by atoms with Gasteiger partial charge in [0.15, 0.2) is 0 Å². The molecule has 0 bridgehead atoms. The van der Waals surface area contributed by atoms with Crippen molar-refractivity contribution in [3.05, 3.63) is 89.7 Å². The van der Waals surface area contributed by atoms with E-state index in [4.69, 9.17) is 5.73 Å². The number of aromatic nitrogens is 1. The molecular formula is C23H26N4O2. The minimum absolute atomic E-state index is 0.0754. The summed E-state index contributed by atoms with van der Waals surface area (Å²) in [5.74, 6) is -0.246. The number of rotatable bonds is 8. The summed E-state index contributed by atoms with van der Waals surface area (Å²) in [6.45, 7) is 2.01. The zero-order valence-electron chi connectivity index (χ0n) is 16.4. The molecule has 0 saturated heterocycles. The van der Waals surface area contributed by atoms with Crippen molar-refractivity contribution in [2.45, 2.75) is 25.5 Å². The molecule has 0 fully saturated rings. The van der Waals surface area contributed by atoms with Gasteiger partial charge in [0.1, 0.15) is 0 Å². The van der Waals surface area contributed by atoms with Crippen LogP contribution in [0.15, 0.2) is 72.9 Å². The molecule has 1 heterocycles. The molecule has 1 aromatic heterocycles. The third-order valence-electron chi connectivity index (χ3n) is 4.65. The number of carbonyl (C=O) groups excluding carboxylic acids is 1. The van der Waals surface area contributed by atoms with Gasteiger partial charge in [0, 0.05) is 35.4 Å². The Hall–Kier alpha value is -3.22. The first-order chi connectivity index (χ1) is 14.0. The third kappa shape index (κ3) is 5.88. The molecular weight excluding hydrogens is 364 g/mol. The number of pyridine rings is 1. The van der Waals surface area contributed by atoms with Crippen molar-refractivity contribution in [3.8, 4) is 0 Å². The maximum atomic E-state index is 12.7. The molecule has 0 aliphatic heterocycles. The molecule has 3 aromatic rings. The molecule has 0 spiro atoms. The van der Waals surface area contributed by atoms with Gasteiger partial charge in [0.25, 0.3) is 5.91 Å². The van der Waals surface area contributed by atoms with E-state index in [1.54, 1.807) is 18.3 Å². The quantitative estimate of drug-likeness (QED) is 0.474. The van der Waals surface area contributed by atoms with Gasteiger partial charge in [0.05, 0.1) is 12.1 Å². The van der Waals surface area contributed by atoms with Gasteiger partial charge in [-0.25, -0.2) is 0 Å². The predicted molar refractivity (Wildman–Crippen MR) is 115 cm³/mol. The molecule has 0 aliphatic carbocycles. The van der Waals surface area contributed by atoms with Gasteiger partial charge in [0.2, 0.25) is 0 Å². The molecule has 6 nitrogen and oxygen atoms in total. The molecule has 29 heavy (non-hydrogen) atoms. The van der Waals surface area contributed by atoms with Crippen LogP contribution in [0.4, 0.5) is 11.4 Å². The molecule has 1 amide bonds. The molecule has 2 atom stereocenters. The average molecular weight is 390 g/mol. The fourth-order valence-electron chi connectivity index (χ4n) is 3.06. The Morgan fingerprint density at radius 1 is 1.07 bits per heavy atom. The second-order valence-electron chi connectivity index (χ2n) is 6.96. The van der Waals surface area contributed by atoms with E-state index in [2.05, 4.69) is 15.6 Å². The topological polar surface area (TPSA) is 100 Å². The van der Waals surface area contributed by atoms with Crippen LogP contribution in [0.3, 0.4) is 0 Å². The van der Waals surface area contributed by atoms with Gasteiger partial charge in [-0.2, -0.15) is 0 Å². The van der Waals surface area contributed by atoms with Crippen molar-refractivity contribution in [3.63, 3.8) is 0 Å². The number of benzene rings is 2. The molecule has 0 saturated carbocycles. The second-order valence-corrected chi connectivity index (χ2v) is 6.96. The highest BCUT2D eigenvalue weighted by Crippen LogP contribution is 2.17. The summed E-state index contributed by atoms with van der Waals surface area (Å²) in [7, 11) is 0. The van der Waals surface area contributed by atoms with E-state index in [1.165, 1.54) is 0 Å². The van der Waals surface area contributed by atoms with E-state index in [0.29, 0.717) is 12.0 Å². The second kappa shape index (κ2) is 9.82. The first kappa shape index (κ1) is 20.5. The summed E-state index contributed by atoms with van der Waals surface area (Å²) in [6.07, 6.45) is 1.43. The van der Waals surface area contributed by atoms with Crippen LogP contribution in [0.25, 0.3) is 0 Å². The maximum absolute atomic E-state index is 12.7. The maximum Gasteiger partial charge on any atom is 0.251 e. The SMILES string of the molecule is Cc1cc(Nc2ccc(C(=O)N[C@@H](Cc3ccccc3)[C@H](O)CN)cc2)ccn1. The van der Waals surface area contributed by atoms with Crippen LogP contribution >= 0.6 is 0 Å². The van der Waals surface area contributed by atoms with Crippen molar-refractivity contribution in [1.29, 1.82) is 0 Å². The Balaban J connectivity index is 1.66. The normalized spacial score (nSPS) is 12.8. The number of hydrogen-bond acceptors (Lipinski definition) is 5. The summed E-state index contributed by atoms with van der Waals surface area (Å²) >= 11 is 0. The van der Waals surface area contributed by atoms with Crippen molar-refractivity contribution in [2.75, 3.05) is 11.9 Å². The van der Waals surface area contributed by atoms with Crippen LogP contribution in [0.1, 0.15) is 21.6 Å². The standard InChI is InChI=1S/C23H26N4O2/c1-16-13-20(11-12-25-16)26-19-9-7-18(8-10-19)23(29)27-21(22(28)15-24)14-17-5-3-2-4-6-17/h2-13,21-22,28H,14-15,24H2,1H3,(H,25,26)(H,27,29)/t21-,22+/m0/s1. The number of anilines is 2. The number of aryl methyl sites for hydroxylation is 1. The summed E-state index contributed by atoms with van der Waals surface area (Å²) in [6, 6.07) is 20.3. The number of aliphatic hydroxyl groups excluding tert-OH is 1. The van der Waals surface area contributed by atoms with Gasteiger partial charge in [-0.1, -0.05) is 30.3 Å². The number of aliphatic hydroxyl groups is 1. The summed E-state index contributed by atoms with van der Waals surface area (Å²) in [4.78, 5) is 16.9. The lowest BCUT2D eigenvalue weighted by atomic mass is 10.0. The predicted octanol–water partition coefficient (Wildman–Crippen LogP) is 2.79. The monoisotopic (exact) mass is 390 g/mol. The Labute approximate surface area is 170 Å². The van der Waals surface area contributed by atoms with Crippen molar-refractivity contribution >= 4 is 17.3 Å². The average Bonchev–Trinajstić information content (AvgIpc) is 2.74. The van der Waals surface area contributed by atoms with Crippen LogP contribution < -0.4 is 16.4 Å². The number of nitrogens with one attached hydrogen (secondary N) is 2. The van der Waals surface area contributed by atoms with Gasteiger partial charge >= 0.3 is 0 Å². The molecule has 0 unspecified atom stereocenters. The molecule has 3 rings (SSSR count).